The van der Waals surface area contributed by atoms with Gasteiger partial charge in [0.05, 0.1) is 0 Å². The van der Waals surface area contributed by atoms with Crippen molar-refractivity contribution in [2.45, 2.75) is 26.9 Å². The molecule has 0 aliphatic carbocycles. The van der Waals surface area contributed by atoms with Crippen LogP contribution < -0.4 is 5.73 Å². The molecule has 0 bridgehead atoms. The fraction of sp³-hybridized carbons (Fsp3) is 0.875. The number of carboxylic acids is 1. The Bertz CT molecular complexity index is 160. The monoisotopic (exact) mass is 177 g/mol. The van der Waals surface area contributed by atoms with Crippen molar-refractivity contribution in [3.05, 3.63) is 0 Å². The molecule has 2 atom stereocenters. The second-order valence-corrected chi connectivity index (χ2v) is 3.32. The zero-order chi connectivity index (χ0) is 9.94. The second kappa shape index (κ2) is 3.85. The van der Waals surface area contributed by atoms with Gasteiger partial charge in [-0.1, -0.05) is 13.8 Å². The second-order valence-electron chi connectivity index (χ2n) is 3.32. The van der Waals surface area contributed by atoms with Gasteiger partial charge in [-0.2, -0.15) is 0 Å². The SMILES string of the molecule is CC(C)C(CN)(C(=O)O)C(C)F. The van der Waals surface area contributed by atoms with Crippen molar-refractivity contribution in [3.63, 3.8) is 0 Å². The predicted molar refractivity (Wildman–Crippen MR) is 44.5 cm³/mol. The molecule has 0 aliphatic rings. The van der Waals surface area contributed by atoms with Gasteiger partial charge >= 0.3 is 5.97 Å². The Morgan fingerprint density at radius 3 is 2.00 bits per heavy atom. The molecule has 0 saturated heterocycles. The third kappa shape index (κ3) is 1.58. The molecule has 0 radical (unpaired) electrons. The molecule has 2 unspecified atom stereocenters. The zero-order valence-electron chi connectivity index (χ0n) is 7.67. The van der Waals surface area contributed by atoms with E-state index in [1.54, 1.807) is 13.8 Å². The highest BCUT2D eigenvalue weighted by Crippen LogP contribution is 2.32. The van der Waals surface area contributed by atoms with Gasteiger partial charge in [0.25, 0.3) is 0 Å². The van der Waals surface area contributed by atoms with Crippen molar-refractivity contribution in [3.8, 4) is 0 Å². The summed E-state index contributed by atoms with van der Waals surface area (Å²) in [6.07, 6.45) is -1.43. The molecule has 0 aromatic rings. The summed E-state index contributed by atoms with van der Waals surface area (Å²) in [6.45, 7) is 4.40. The van der Waals surface area contributed by atoms with Crippen LogP contribution >= 0.6 is 0 Å². The highest BCUT2D eigenvalue weighted by molar-refractivity contribution is 5.76. The lowest BCUT2D eigenvalue weighted by atomic mass is 9.74. The molecule has 72 valence electrons. The molecule has 0 aromatic carbocycles. The molecular weight excluding hydrogens is 161 g/mol. The number of hydrogen-bond donors (Lipinski definition) is 2. The number of aliphatic carboxylic acids is 1. The number of halogens is 1. The number of hydrogen-bond acceptors (Lipinski definition) is 2. The smallest absolute Gasteiger partial charge is 0.314 e. The third-order valence-electron chi connectivity index (χ3n) is 2.48. The summed E-state index contributed by atoms with van der Waals surface area (Å²) in [5.41, 5.74) is 3.86. The molecule has 0 rings (SSSR count). The number of alkyl halides is 1. The summed E-state index contributed by atoms with van der Waals surface area (Å²) >= 11 is 0. The van der Waals surface area contributed by atoms with E-state index in [9.17, 15) is 9.18 Å². The van der Waals surface area contributed by atoms with Gasteiger partial charge in [0.15, 0.2) is 0 Å². The quantitative estimate of drug-likeness (QED) is 0.674. The summed E-state index contributed by atoms with van der Waals surface area (Å²) < 4.78 is 13.1. The number of carboxylic acid groups (broad SMARTS) is 1. The minimum absolute atomic E-state index is 0.169. The van der Waals surface area contributed by atoms with Crippen molar-refractivity contribution in [1.82, 2.24) is 0 Å². The van der Waals surface area contributed by atoms with Crippen LogP contribution in [0.3, 0.4) is 0 Å². The molecule has 0 spiro atoms. The van der Waals surface area contributed by atoms with Crippen molar-refractivity contribution in [2.24, 2.45) is 17.1 Å². The Balaban J connectivity index is 4.90. The molecule has 12 heavy (non-hydrogen) atoms. The largest absolute Gasteiger partial charge is 0.481 e. The lowest BCUT2D eigenvalue weighted by Gasteiger charge is -2.33. The summed E-state index contributed by atoms with van der Waals surface area (Å²) in [6, 6.07) is 0. The lowest BCUT2D eigenvalue weighted by Crippen LogP contribution is -2.49. The van der Waals surface area contributed by atoms with Gasteiger partial charge in [0, 0.05) is 6.54 Å². The van der Waals surface area contributed by atoms with Crippen molar-refractivity contribution < 1.29 is 14.3 Å². The molecule has 0 heterocycles. The standard InChI is InChI=1S/C8H16FNO2/c1-5(2)8(4-10,6(3)9)7(11)12/h5-6H,4,10H2,1-3H3,(H,11,12). The highest BCUT2D eigenvalue weighted by Gasteiger charge is 2.46. The molecule has 0 fully saturated rings. The van der Waals surface area contributed by atoms with Gasteiger partial charge in [-0.3, -0.25) is 4.79 Å². The van der Waals surface area contributed by atoms with Crippen molar-refractivity contribution >= 4 is 5.97 Å². The molecule has 0 aromatic heterocycles. The zero-order valence-corrected chi connectivity index (χ0v) is 7.67. The van der Waals surface area contributed by atoms with Gasteiger partial charge in [-0.15, -0.1) is 0 Å². The van der Waals surface area contributed by atoms with Crippen LogP contribution in [0.4, 0.5) is 4.39 Å². The summed E-state index contributed by atoms with van der Waals surface area (Å²) in [4.78, 5) is 10.8. The van der Waals surface area contributed by atoms with Crippen LogP contribution in [0.15, 0.2) is 0 Å². The van der Waals surface area contributed by atoms with E-state index >= 15 is 0 Å². The van der Waals surface area contributed by atoms with Gasteiger partial charge < -0.3 is 10.8 Å². The Hall–Kier alpha value is -0.640. The Kier molecular flexibility index (Phi) is 3.64. The Labute approximate surface area is 71.8 Å². The van der Waals surface area contributed by atoms with Crippen LogP contribution in [0, 0.1) is 11.3 Å². The number of nitrogens with two attached hydrogens (primary N) is 1. The fourth-order valence-corrected chi connectivity index (χ4v) is 1.36. The average molecular weight is 177 g/mol. The Morgan fingerprint density at radius 2 is 2.00 bits per heavy atom. The maximum absolute atomic E-state index is 13.1. The number of carbonyl (C=O) groups is 1. The van der Waals surface area contributed by atoms with E-state index in [4.69, 9.17) is 10.8 Å². The minimum Gasteiger partial charge on any atom is -0.481 e. The first kappa shape index (κ1) is 11.4. The maximum Gasteiger partial charge on any atom is 0.314 e. The molecule has 0 saturated carbocycles. The third-order valence-corrected chi connectivity index (χ3v) is 2.48. The van der Waals surface area contributed by atoms with Crippen LogP contribution in [0.5, 0.6) is 0 Å². The van der Waals surface area contributed by atoms with E-state index in [-0.39, 0.29) is 12.5 Å². The summed E-state index contributed by atoms with van der Waals surface area (Å²) in [7, 11) is 0. The van der Waals surface area contributed by atoms with E-state index in [0.717, 1.165) is 0 Å². The summed E-state index contributed by atoms with van der Waals surface area (Å²) in [5, 5.41) is 8.84. The van der Waals surface area contributed by atoms with E-state index in [2.05, 4.69) is 0 Å². The normalized spacial score (nSPS) is 18.8. The lowest BCUT2D eigenvalue weighted by molar-refractivity contribution is -0.155. The van der Waals surface area contributed by atoms with Crippen LogP contribution in [0.1, 0.15) is 20.8 Å². The first-order valence-electron chi connectivity index (χ1n) is 3.97. The molecule has 0 amide bonds. The van der Waals surface area contributed by atoms with Crippen molar-refractivity contribution in [1.29, 1.82) is 0 Å². The predicted octanol–water partition coefficient (Wildman–Crippen LogP) is 1.03. The van der Waals surface area contributed by atoms with E-state index in [1.807, 2.05) is 0 Å². The van der Waals surface area contributed by atoms with Crippen LogP contribution in [0.2, 0.25) is 0 Å². The van der Waals surface area contributed by atoms with Gasteiger partial charge in [0.2, 0.25) is 0 Å². The summed E-state index contributed by atoms with van der Waals surface area (Å²) in [5.74, 6) is -1.46. The van der Waals surface area contributed by atoms with Gasteiger partial charge in [-0.05, 0) is 12.8 Å². The van der Waals surface area contributed by atoms with Crippen LogP contribution in [-0.4, -0.2) is 23.8 Å². The van der Waals surface area contributed by atoms with E-state index < -0.39 is 17.6 Å². The molecule has 0 aliphatic heterocycles. The molecule has 3 N–H and O–H groups in total. The molecule has 3 nitrogen and oxygen atoms in total. The average Bonchev–Trinajstić information content (AvgIpc) is 1.86. The number of rotatable bonds is 4. The minimum atomic E-state index is -1.43. The van der Waals surface area contributed by atoms with Crippen LogP contribution in [-0.2, 0) is 4.79 Å². The topological polar surface area (TPSA) is 63.3 Å². The molecule has 4 heteroatoms. The van der Waals surface area contributed by atoms with Gasteiger partial charge in [-0.25, -0.2) is 4.39 Å². The molecular formula is C8H16FNO2. The van der Waals surface area contributed by atoms with E-state index in [1.165, 1.54) is 6.92 Å². The van der Waals surface area contributed by atoms with E-state index in [0.29, 0.717) is 0 Å². The first-order chi connectivity index (χ1) is 5.39. The fourth-order valence-electron chi connectivity index (χ4n) is 1.36. The first-order valence-corrected chi connectivity index (χ1v) is 3.97. The van der Waals surface area contributed by atoms with Gasteiger partial charge in [0.1, 0.15) is 11.6 Å². The highest BCUT2D eigenvalue weighted by atomic mass is 19.1. The maximum atomic E-state index is 13.1. The Morgan fingerprint density at radius 1 is 1.58 bits per heavy atom. The van der Waals surface area contributed by atoms with Crippen molar-refractivity contribution in [2.75, 3.05) is 6.54 Å². The van der Waals surface area contributed by atoms with Crippen LogP contribution in [0.25, 0.3) is 0 Å².